The van der Waals surface area contributed by atoms with Crippen molar-refractivity contribution in [3.8, 4) is 0 Å². The molecule has 0 aromatic heterocycles. The number of carbonyl (C=O) groups is 1. The predicted molar refractivity (Wildman–Crippen MR) is 64.1 cm³/mol. The minimum absolute atomic E-state index is 0.170. The summed E-state index contributed by atoms with van der Waals surface area (Å²) in [6.07, 6.45) is 2.86. The quantitative estimate of drug-likeness (QED) is 0.657. The SMILES string of the molecule is CCCCC(COC)(C(=O)Cl)C(C)(C)C. The Morgan fingerprint density at radius 2 is 1.87 bits per heavy atom. The maximum absolute atomic E-state index is 11.7. The number of unbranched alkanes of at least 4 members (excludes halogenated alkanes) is 1. The second kappa shape index (κ2) is 5.86. The first kappa shape index (κ1) is 14.9. The zero-order valence-corrected chi connectivity index (χ0v) is 11.3. The summed E-state index contributed by atoms with van der Waals surface area (Å²) in [5, 5.41) is -0.273. The molecular weight excluding hydrogens is 212 g/mol. The molecule has 0 spiro atoms. The highest BCUT2D eigenvalue weighted by Gasteiger charge is 2.46. The van der Waals surface area contributed by atoms with Crippen LogP contribution in [0.1, 0.15) is 47.0 Å². The molecule has 0 aliphatic carbocycles. The van der Waals surface area contributed by atoms with Crippen molar-refractivity contribution in [1.82, 2.24) is 0 Å². The summed E-state index contributed by atoms with van der Waals surface area (Å²) in [6.45, 7) is 8.64. The van der Waals surface area contributed by atoms with E-state index in [-0.39, 0.29) is 10.7 Å². The van der Waals surface area contributed by atoms with Crippen LogP contribution in [-0.4, -0.2) is 19.0 Å². The van der Waals surface area contributed by atoms with E-state index in [1.807, 2.05) is 20.8 Å². The van der Waals surface area contributed by atoms with Crippen molar-refractivity contribution in [2.45, 2.75) is 47.0 Å². The molecule has 0 bridgehead atoms. The first-order valence-corrected chi connectivity index (χ1v) is 5.88. The van der Waals surface area contributed by atoms with Gasteiger partial charge in [0.2, 0.25) is 5.24 Å². The number of halogens is 1. The molecule has 0 radical (unpaired) electrons. The van der Waals surface area contributed by atoms with Crippen molar-refractivity contribution in [1.29, 1.82) is 0 Å². The lowest BCUT2D eigenvalue weighted by molar-refractivity contribution is -0.132. The Bertz CT molecular complexity index is 208. The molecule has 0 aromatic carbocycles. The Labute approximate surface area is 98.3 Å². The number of ether oxygens (including phenoxy) is 1. The minimum Gasteiger partial charge on any atom is -0.384 e. The summed E-state index contributed by atoms with van der Waals surface area (Å²) in [5.41, 5.74) is -0.726. The van der Waals surface area contributed by atoms with E-state index < -0.39 is 5.41 Å². The lowest BCUT2D eigenvalue weighted by Gasteiger charge is -2.41. The first-order chi connectivity index (χ1) is 6.81. The van der Waals surface area contributed by atoms with Gasteiger partial charge in [-0.25, -0.2) is 0 Å². The topological polar surface area (TPSA) is 26.3 Å². The summed E-state index contributed by atoms with van der Waals surface area (Å²) < 4.78 is 5.19. The van der Waals surface area contributed by atoms with E-state index in [0.717, 1.165) is 19.3 Å². The molecule has 0 fully saturated rings. The van der Waals surface area contributed by atoms with Crippen molar-refractivity contribution in [2.24, 2.45) is 10.8 Å². The van der Waals surface area contributed by atoms with Gasteiger partial charge < -0.3 is 4.74 Å². The number of hydrogen-bond donors (Lipinski definition) is 0. The molecule has 3 heteroatoms. The van der Waals surface area contributed by atoms with E-state index in [0.29, 0.717) is 6.61 Å². The van der Waals surface area contributed by atoms with Crippen LogP contribution in [0.4, 0.5) is 0 Å². The number of hydrogen-bond acceptors (Lipinski definition) is 2. The highest BCUT2D eigenvalue weighted by Crippen LogP contribution is 2.44. The van der Waals surface area contributed by atoms with Gasteiger partial charge in [0.15, 0.2) is 0 Å². The maximum Gasteiger partial charge on any atom is 0.230 e. The normalized spacial score (nSPS) is 16.1. The van der Waals surface area contributed by atoms with Crippen molar-refractivity contribution in [2.75, 3.05) is 13.7 Å². The molecule has 1 unspecified atom stereocenters. The first-order valence-electron chi connectivity index (χ1n) is 5.50. The zero-order valence-electron chi connectivity index (χ0n) is 10.5. The molecule has 0 aliphatic rings. The van der Waals surface area contributed by atoms with E-state index in [4.69, 9.17) is 16.3 Å². The maximum atomic E-state index is 11.7. The summed E-state index contributed by atoms with van der Waals surface area (Å²) in [5.74, 6) is 0. The van der Waals surface area contributed by atoms with Crippen LogP contribution in [0.25, 0.3) is 0 Å². The molecule has 0 aromatic rings. The van der Waals surface area contributed by atoms with Crippen LogP contribution in [-0.2, 0) is 9.53 Å². The molecule has 15 heavy (non-hydrogen) atoms. The lowest BCUT2D eigenvalue weighted by Crippen LogP contribution is -2.44. The fourth-order valence-corrected chi connectivity index (χ4v) is 2.27. The van der Waals surface area contributed by atoms with Gasteiger partial charge in [-0.15, -0.1) is 0 Å². The second-order valence-corrected chi connectivity index (χ2v) is 5.49. The van der Waals surface area contributed by atoms with E-state index in [9.17, 15) is 4.79 Å². The van der Waals surface area contributed by atoms with Crippen molar-refractivity contribution >= 4 is 16.8 Å². The fraction of sp³-hybridized carbons (Fsp3) is 0.917. The standard InChI is InChI=1S/C12H23ClO2/c1-6-7-8-12(9-15-5,10(13)14)11(2,3)4/h6-9H2,1-5H3. The smallest absolute Gasteiger partial charge is 0.230 e. The summed E-state index contributed by atoms with van der Waals surface area (Å²) >= 11 is 5.78. The minimum atomic E-state index is -0.556. The van der Waals surface area contributed by atoms with Crippen molar-refractivity contribution in [3.63, 3.8) is 0 Å². The highest BCUT2D eigenvalue weighted by molar-refractivity contribution is 6.64. The molecule has 0 amide bonds. The van der Waals surface area contributed by atoms with Crippen molar-refractivity contribution < 1.29 is 9.53 Å². The number of methoxy groups -OCH3 is 1. The summed E-state index contributed by atoms with van der Waals surface area (Å²) in [6, 6.07) is 0. The molecule has 1 atom stereocenters. The van der Waals surface area contributed by atoms with E-state index in [1.165, 1.54) is 0 Å². The van der Waals surface area contributed by atoms with Gasteiger partial charge in [0, 0.05) is 7.11 Å². The van der Waals surface area contributed by atoms with Crippen LogP contribution in [0.3, 0.4) is 0 Å². The van der Waals surface area contributed by atoms with E-state index >= 15 is 0 Å². The van der Waals surface area contributed by atoms with Crippen LogP contribution in [0.2, 0.25) is 0 Å². The molecule has 0 N–H and O–H groups in total. The molecule has 90 valence electrons. The number of carbonyl (C=O) groups excluding carboxylic acids is 1. The molecule has 0 rings (SSSR count). The van der Waals surface area contributed by atoms with Gasteiger partial charge in [0.25, 0.3) is 0 Å². The Morgan fingerprint density at radius 1 is 1.33 bits per heavy atom. The lowest BCUT2D eigenvalue weighted by atomic mass is 9.65. The van der Waals surface area contributed by atoms with Crippen LogP contribution >= 0.6 is 11.6 Å². The fourth-order valence-electron chi connectivity index (χ4n) is 1.84. The zero-order chi connectivity index (χ0) is 12.1. The average Bonchev–Trinajstić information content (AvgIpc) is 2.09. The summed E-state index contributed by atoms with van der Waals surface area (Å²) in [4.78, 5) is 11.7. The van der Waals surface area contributed by atoms with Crippen molar-refractivity contribution in [3.05, 3.63) is 0 Å². The Balaban J connectivity index is 4.99. The van der Waals surface area contributed by atoms with Crippen LogP contribution < -0.4 is 0 Å². The van der Waals surface area contributed by atoms with Crippen LogP contribution in [0.15, 0.2) is 0 Å². The van der Waals surface area contributed by atoms with Gasteiger partial charge in [-0.2, -0.15) is 0 Å². The second-order valence-electron chi connectivity index (χ2n) is 5.14. The number of rotatable bonds is 6. The molecule has 0 heterocycles. The summed E-state index contributed by atoms with van der Waals surface area (Å²) in [7, 11) is 1.62. The van der Waals surface area contributed by atoms with Crippen LogP contribution in [0.5, 0.6) is 0 Å². The van der Waals surface area contributed by atoms with Gasteiger partial charge in [-0.05, 0) is 23.4 Å². The Hall–Kier alpha value is -0.0800. The third kappa shape index (κ3) is 3.46. The molecule has 0 saturated carbocycles. The third-order valence-electron chi connectivity index (χ3n) is 3.16. The molecule has 2 nitrogen and oxygen atoms in total. The molecular formula is C12H23ClO2. The monoisotopic (exact) mass is 234 g/mol. The largest absolute Gasteiger partial charge is 0.384 e. The van der Waals surface area contributed by atoms with Gasteiger partial charge in [-0.3, -0.25) is 4.79 Å². The van der Waals surface area contributed by atoms with E-state index in [1.54, 1.807) is 7.11 Å². The van der Waals surface area contributed by atoms with Gasteiger partial charge in [0.05, 0.1) is 12.0 Å². The van der Waals surface area contributed by atoms with Crippen LogP contribution in [0, 0.1) is 10.8 Å². The van der Waals surface area contributed by atoms with E-state index in [2.05, 4.69) is 6.92 Å². The van der Waals surface area contributed by atoms with Gasteiger partial charge in [-0.1, -0.05) is 40.5 Å². The molecule has 0 saturated heterocycles. The Morgan fingerprint density at radius 3 is 2.13 bits per heavy atom. The third-order valence-corrected chi connectivity index (χ3v) is 3.52. The predicted octanol–water partition coefficient (Wildman–Crippen LogP) is 3.62. The van der Waals surface area contributed by atoms with Gasteiger partial charge in [0.1, 0.15) is 0 Å². The Kier molecular flexibility index (Phi) is 5.82. The average molecular weight is 235 g/mol. The highest BCUT2D eigenvalue weighted by atomic mass is 35.5. The molecule has 0 aliphatic heterocycles. The van der Waals surface area contributed by atoms with Gasteiger partial charge >= 0.3 is 0 Å².